The second-order valence-corrected chi connectivity index (χ2v) is 3.20. The van der Waals surface area contributed by atoms with Crippen molar-refractivity contribution in [1.82, 2.24) is 10.2 Å². The highest BCUT2D eigenvalue weighted by molar-refractivity contribution is 4.97. The Morgan fingerprint density at radius 1 is 1.56 bits per heavy atom. The molecule has 0 saturated carbocycles. The van der Waals surface area contributed by atoms with E-state index in [1.807, 2.05) is 0 Å². The van der Waals surface area contributed by atoms with Crippen molar-refractivity contribution < 1.29 is 0 Å². The third-order valence-electron chi connectivity index (χ3n) is 2.65. The van der Waals surface area contributed by atoms with Gasteiger partial charge in [-0.3, -0.25) is 0 Å². The van der Waals surface area contributed by atoms with E-state index >= 15 is 0 Å². The topological polar surface area (TPSA) is 15.3 Å². The number of nitrogens with zero attached hydrogens (tertiary/aromatic N) is 1. The molecule has 0 aromatic rings. The third-order valence-corrected chi connectivity index (χ3v) is 2.65. The molecule has 52 valence electrons. The van der Waals surface area contributed by atoms with Gasteiger partial charge in [0.25, 0.3) is 0 Å². The summed E-state index contributed by atoms with van der Waals surface area (Å²) in [6.45, 7) is 2.53. The van der Waals surface area contributed by atoms with Gasteiger partial charge in [0.1, 0.15) is 0 Å². The Kier molecular flexibility index (Phi) is 1.24. The molecule has 2 atom stereocenters. The molecule has 2 heterocycles. The Morgan fingerprint density at radius 3 is 2.89 bits per heavy atom. The quantitative estimate of drug-likeness (QED) is 0.493. The number of nitrogens with one attached hydrogen (secondary N) is 1. The monoisotopic (exact) mass is 126 g/mol. The van der Waals surface area contributed by atoms with Crippen LogP contribution in [0.15, 0.2) is 0 Å². The average molecular weight is 126 g/mol. The number of piperidine rings is 1. The Balaban J connectivity index is 1.98. The second-order valence-electron chi connectivity index (χ2n) is 3.20. The number of fused-ring (bicyclic) bond motifs is 1. The van der Waals surface area contributed by atoms with E-state index in [1.165, 1.54) is 25.9 Å². The van der Waals surface area contributed by atoms with Crippen molar-refractivity contribution in [2.45, 2.75) is 24.9 Å². The fraction of sp³-hybridized carbons (Fsp3) is 1.00. The lowest BCUT2D eigenvalue weighted by Crippen LogP contribution is -2.66. The molecule has 2 unspecified atom stereocenters. The fourth-order valence-corrected chi connectivity index (χ4v) is 1.87. The van der Waals surface area contributed by atoms with Crippen LogP contribution in [0.5, 0.6) is 0 Å². The summed E-state index contributed by atoms with van der Waals surface area (Å²) < 4.78 is 0. The molecule has 0 aliphatic carbocycles. The highest BCUT2D eigenvalue weighted by Crippen LogP contribution is 2.21. The predicted octanol–water partition coefficient (Wildman–Crippen LogP) is 0.0524. The molecule has 2 saturated heterocycles. The van der Waals surface area contributed by atoms with Crippen molar-refractivity contribution in [2.75, 3.05) is 20.1 Å². The van der Waals surface area contributed by atoms with Gasteiger partial charge in [0, 0.05) is 18.6 Å². The van der Waals surface area contributed by atoms with Crippen LogP contribution in [0.25, 0.3) is 0 Å². The van der Waals surface area contributed by atoms with Crippen LogP contribution in [0.2, 0.25) is 0 Å². The van der Waals surface area contributed by atoms with Gasteiger partial charge in [-0.2, -0.15) is 0 Å². The van der Waals surface area contributed by atoms with Crippen molar-refractivity contribution >= 4 is 0 Å². The maximum absolute atomic E-state index is 3.44. The fourth-order valence-electron chi connectivity index (χ4n) is 1.87. The normalized spacial score (nSPS) is 43.7. The molecule has 0 aromatic carbocycles. The van der Waals surface area contributed by atoms with Gasteiger partial charge in [-0.05, 0) is 26.4 Å². The standard InChI is InChI=1S/C7H14N2/c1-9-4-2-3-6-7(9)5-8-6/h6-8H,2-5H2,1H3. The van der Waals surface area contributed by atoms with E-state index in [1.54, 1.807) is 0 Å². The first kappa shape index (κ1) is 5.69. The molecule has 1 N–H and O–H groups in total. The van der Waals surface area contributed by atoms with Crippen molar-refractivity contribution in [3.8, 4) is 0 Å². The lowest BCUT2D eigenvalue weighted by molar-refractivity contribution is 0.0786. The van der Waals surface area contributed by atoms with E-state index in [4.69, 9.17) is 0 Å². The van der Waals surface area contributed by atoms with Crippen molar-refractivity contribution in [3.05, 3.63) is 0 Å². The number of hydrogen-bond donors (Lipinski definition) is 1. The van der Waals surface area contributed by atoms with Gasteiger partial charge in [-0.15, -0.1) is 0 Å². The summed E-state index contributed by atoms with van der Waals surface area (Å²) in [5, 5.41) is 3.44. The number of hydrogen-bond acceptors (Lipinski definition) is 2. The molecule has 2 aliphatic heterocycles. The molecule has 0 radical (unpaired) electrons. The van der Waals surface area contributed by atoms with Crippen LogP contribution in [0.4, 0.5) is 0 Å². The van der Waals surface area contributed by atoms with Crippen LogP contribution in [0.3, 0.4) is 0 Å². The van der Waals surface area contributed by atoms with Gasteiger partial charge >= 0.3 is 0 Å². The smallest absolute Gasteiger partial charge is 0.0371 e. The third kappa shape index (κ3) is 0.775. The minimum atomic E-state index is 0.837. The summed E-state index contributed by atoms with van der Waals surface area (Å²) in [5.74, 6) is 0. The first-order valence-corrected chi connectivity index (χ1v) is 3.81. The average Bonchev–Trinajstić information content (AvgIpc) is 1.74. The molecule has 2 rings (SSSR count). The molecule has 2 heteroatoms. The van der Waals surface area contributed by atoms with Crippen LogP contribution in [0.1, 0.15) is 12.8 Å². The largest absolute Gasteiger partial charge is 0.311 e. The molecule has 2 nitrogen and oxygen atoms in total. The van der Waals surface area contributed by atoms with Crippen LogP contribution in [0, 0.1) is 0 Å². The Bertz CT molecular complexity index is 107. The summed E-state index contributed by atoms with van der Waals surface area (Å²) in [6, 6.07) is 1.71. The summed E-state index contributed by atoms with van der Waals surface area (Å²) in [7, 11) is 2.23. The van der Waals surface area contributed by atoms with Crippen LogP contribution in [-0.4, -0.2) is 37.1 Å². The molecule has 0 amide bonds. The number of rotatable bonds is 0. The second kappa shape index (κ2) is 1.96. The molecule has 9 heavy (non-hydrogen) atoms. The van der Waals surface area contributed by atoms with Crippen LogP contribution < -0.4 is 5.32 Å². The molecular formula is C7H14N2. The van der Waals surface area contributed by atoms with Crippen molar-refractivity contribution in [2.24, 2.45) is 0 Å². The van der Waals surface area contributed by atoms with Gasteiger partial charge in [0.05, 0.1) is 0 Å². The first-order valence-electron chi connectivity index (χ1n) is 3.81. The zero-order valence-electron chi connectivity index (χ0n) is 5.93. The van der Waals surface area contributed by atoms with E-state index in [9.17, 15) is 0 Å². The Morgan fingerprint density at radius 2 is 2.44 bits per heavy atom. The van der Waals surface area contributed by atoms with E-state index < -0.39 is 0 Å². The highest BCUT2D eigenvalue weighted by Gasteiger charge is 2.35. The lowest BCUT2D eigenvalue weighted by atomic mass is 9.90. The minimum Gasteiger partial charge on any atom is -0.311 e. The van der Waals surface area contributed by atoms with Crippen LogP contribution >= 0.6 is 0 Å². The first-order chi connectivity index (χ1) is 4.38. The van der Waals surface area contributed by atoms with Gasteiger partial charge in [0.2, 0.25) is 0 Å². The van der Waals surface area contributed by atoms with Gasteiger partial charge < -0.3 is 10.2 Å². The minimum absolute atomic E-state index is 0.837. The SMILES string of the molecule is CN1CCCC2NCC21. The molecule has 2 aliphatic rings. The van der Waals surface area contributed by atoms with E-state index in [0.29, 0.717) is 0 Å². The van der Waals surface area contributed by atoms with Gasteiger partial charge in [-0.1, -0.05) is 0 Å². The van der Waals surface area contributed by atoms with E-state index in [2.05, 4.69) is 17.3 Å². The summed E-state index contributed by atoms with van der Waals surface area (Å²) in [5.41, 5.74) is 0. The molecule has 0 aromatic heterocycles. The van der Waals surface area contributed by atoms with E-state index in [0.717, 1.165) is 12.1 Å². The summed E-state index contributed by atoms with van der Waals surface area (Å²) in [4.78, 5) is 2.48. The maximum atomic E-state index is 3.44. The van der Waals surface area contributed by atoms with Gasteiger partial charge in [0.15, 0.2) is 0 Å². The number of likely N-dealkylation sites (tertiary alicyclic amines) is 1. The molecule has 0 bridgehead atoms. The van der Waals surface area contributed by atoms with Crippen molar-refractivity contribution in [3.63, 3.8) is 0 Å². The zero-order chi connectivity index (χ0) is 6.27. The van der Waals surface area contributed by atoms with Crippen molar-refractivity contribution in [1.29, 1.82) is 0 Å². The maximum Gasteiger partial charge on any atom is 0.0371 e. The Hall–Kier alpha value is -0.0800. The number of likely N-dealkylation sites (N-methyl/N-ethyl adjacent to an activating group) is 1. The molecule has 0 spiro atoms. The predicted molar refractivity (Wildman–Crippen MR) is 37.4 cm³/mol. The van der Waals surface area contributed by atoms with E-state index in [-0.39, 0.29) is 0 Å². The summed E-state index contributed by atoms with van der Waals surface area (Å²) >= 11 is 0. The van der Waals surface area contributed by atoms with Gasteiger partial charge in [-0.25, -0.2) is 0 Å². The molecule has 2 fully saturated rings. The summed E-state index contributed by atoms with van der Waals surface area (Å²) in [6.07, 6.45) is 2.78. The zero-order valence-corrected chi connectivity index (χ0v) is 5.93. The molecular weight excluding hydrogens is 112 g/mol. The Labute approximate surface area is 56.2 Å². The van der Waals surface area contributed by atoms with Crippen LogP contribution in [-0.2, 0) is 0 Å². The lowest BCUT2D eigenvalue weighted by Gasteiger charge is -2.47. The highest BCUT2D eigenvalue weighted by atomic mass is 15.2.